The van der Waals surface area contributed by atoms with Crippen LogP contribution in [0, 0.1) is 0 Å². The average molecular weight is 277 g/mol. The van der Waals surface area contributed by atoms with Gasteiger partial charge >= 0.3 is 0 Å². The van der Waals surface area contributed by atoms with Crippen LogP contribution in [0.1, 0.15) is 30.3 Å². The van der Waals surface area contributed by atoms with Crippen LogP contribution in [0.5, 0.6) is 0 Å². The summed E-state index contributed by atoms with van der Waals surface area (Å²) in [6, 6.07) is 0.456. The number of rotatable bonds is 5. The summed E-state index contributed by atoms with van der Waals surface area (Å²) in [6.45, 7) is 4.64. The first-order valence-electron chi connectivity index (χ1n) is 7.13. The van der Waals surface area contributed by atoms with Crippen LogP contribution in [-0.4, -0.2) is 65.4 Å². The van der Waals surface area contributed by atoms with Crippen molar-refractivity contribution in [3.8, 4) is 0 Å². The highest BCUT2D eigenvalue weighted by Crippen LogP contribution is 2.16. The number of carbonyl (C=O) groups excluding carboxylic acids is 1. The van der Waals surface area contributed by atoms with E-state index in [-0.39, 0.29) is 5.91 Å². The zero-order valence-corrected chi connectivity index (χ0v) is 12.5. The molecule has 110 valence electrons. The van der Waals surface area contributed by atoms with Crippen LogP contribution in [-0.2, 0) is 0 Å². The predicted octanol–water partition coefficient (Wildman–Crippen LogP) is 1.07. The van der Waals surface area contributed by atoms with E-state index in [1.807, 2.05) is 14.0 Å². The van der Waals surface area contributed by atoms with E-state index >= 15 is 0 Å². The fraction of sp³-hybridized carbons (Fsp3) is 0.643. The molecule has 2 rings (SSSR count). The molecule has 1 aliphatic heterocycles. The number of nitrogens with zero attached hydrogens (tertiary/aromatic N) is 4. The third-order valence-corrected chi connectivity index (χ3v) is 3.73. The van der Waals surface area contributed by atoms with Crippen LogP contribution in [0.2, 0.25) is 0 Å². The molecule has 0 aromatic carbocycles. The summed E-state index contributed by atoms with van der Waals surface area (Å²) >= 11 is 0. The molecule has 1 amide bonds. The van der Waals surface area contributed by atoms with Crippen LogP contribution in [0.4, 0.5) is 5.82 Å². The number of anilines is 1. The van der Waals surface area contributed by atoms with E-state index in [0.29, 0.717) is 17.6 Å². The average Bonchev–Trinajstić information content (AvgIpc) is 2.85. The van der Waals surface area contributed by atoms with E-state index in [4.69, 9.17) is 0 Å². The Morgan fingerprint density at radius 3 is 2.85 bits per heavy atom. The van der Waals surface area contributed by atoms with Crippen molar-refractivity contribution in [2.75, 3.05) is 39.0 Å². The minimum absolute atomic E-state index is 0.0687. The lowest BCUT2D eigenvalue weighted by molar-refractivity contribution is 0.0755. The van der Waals surface area contributed by atoms with Crippen molar-refractivity contribution < 1.29 is 4.79 Å². The van der Waals surface area contributed by atoms with E-state index < -0.39 is 0 Å². The van der Waals surface area contributed by atoms with Gasteiger partial charge in [0.25, 0.3) is 5.91 Å². The molecule has 0 radical (unpaired) electrons. The maximum Gasteiger partial charge on any atom is 0.273 e. The molecule has 20 heavy (non-hydrogen) atoms. The second-order valence-electron chi connectivity index (χ2n) is 5.28. The first-order chi connectivity index (χ1) is 9.61. The van der Waals surface area contributed by atoms with Gasteiger partial charge in [0.15, 0.2) is 0 Å². The predicted molar refractivity (Wildman–Crippen MR) is 78.8 cm³/mol. The summed E-state index contributed by atoms with van der Waals surface area (Å²) in [5.74, 6) is 0.628. The van der Waals surface area contributed by atoms with Gasteiger partial charge in [-0.25, -0.2) is 9.97 Å². The Hall–Kier alpha value is -1.69. The monoisotopic (exact) mass is 277 g/mol. The zero-order chi connectivity index (χ0) is 14.5. The first-order valence-corrected chi connectivity index (χ1v) is 7.13. The van der Waals surface area contributed by atoms with E-state index in [1.165, 1.54) is 12.6 Å². The molecule has 1 fully saturated rings. The number of hydrogen-bond donors (Lipinski definition) is 1. The third-order valence-electron chi connectivity index (χ3n) is 3.73. The van der Waals surface area contributed by atoms with Gasteiger partial charge in [-0.15, -0.1) is 0 Å². The van der Waals surface area contributed by atoms with Crippen LogP contribution < -0.4 is 5.32 Å². The van der Waals surface area contributed by atoms with Crippen molar-refractivity contribution in [3.63, 3.8) is 0 Å². The molecule has 1 aromatic rings. The van der Waals surface area contributed by atoms with Gasteiger partial charge in [0.2, 0.25) is 0 Å². The van der Waals surface area contributed by atoms with Gasteiger partial charge in [0.1, 0.15) is 11.5 Å². The Morgan fingerprint density at radius 2 is 2.30 bits per heavy atom. The zero-order valence-electron chi connectivity index (χ0n) is 12.5. The molecule has 6 heteroatoms. The molecule has 0 aliphatic carbocycles. The highest BCUT2D eigenvalue weighted by Gasteiger charge is 2.24. The number of likely N-dealkylation sites (N-methyl/N-ethyl adjacent to an activating group) is 2. The molecular formula is C14H23N5O. The first kappa shape index (κ1) is 14.7. The molecule has 0 saturated carbocycles. The maximum atomic E-state index is 12.3. The third kappa shape index (κ3) is 3.45. The maximum absolute atomic E-state index is 12.3. The van der Waals surface area contributed by atoms with Crippen LogP contribution in [0.25, 0.3) is 0 Å². The normalized spacial score (nSPS) is 19.1. The molecule has 0 spiro atoms. The second kappa shape index (κ2) is 6.65. The Labute approximate surface area is 120 Å². The summed E-state index contributed by atoms with van der Waals surface area (Å²) in [5.41, 5.74) is 0.398. The van der Waals surface area contributed by atoms with Crippen molar-refractivity contribution in [2.24, 2.45) is 0 Å². The summed E-state index contributed by atoms with van der Waals surface area (Å²) in [7, 11) is 3.94. The summed E-state index contributed by atoms with van der Waals surface area (Å²) < 4.78 is 0. The molecule has 1 aliphatic rings. The van der Waals surface area contributed by atoms with Crippen LogP contribution in [0.3, 0.4) is 0 Å². The van der Waals surface area contributed by atoms with E-state index in [0.717, 1.165) is 26.1 Å². The standard InChI is InChI=1S/C14H23N5O/c1-4-15-13-9-16-12(8-17-13)14(20)19(3)10-11-6-5-7-18(11)2/h8-9,11H,4-7,10H2,1-3H3,(H,15,17). The van der Waals surface area contributed by atoms with E-state index in [2.05, 4.69) is 27.2 Å². The number of carbonyl (C=O) groups is 1. The van der Waals surface area contributed by atoms with Gasteiger partial charge in [-0.05, 0) is 33.4 Å². The molecular weight excluding hydrogens is 254 g/mol. The Morgan fingerprint density at radius 1 is 1.50 bits per heavy atom. The summed E-state index contributed by atoms with van der Waals surface area (Å²) in [5, 5.41) is 3.06. The Bertz CT molecular complexity index is 447. The van der Waals surface area contributed by atoms with Crippen LogP contribution >= 0.6 is 0 Å². The number of aromatic nitrogens is 2. The van der Waals surface area contributed by atoms with E-state index in [1.54, 1.807) is 11.1 Å². The molecule has 1 unspecified atom stereocenters. The molecule has 6 nitrogen and oxygen atoms in total. The van der Waals surface area contributed by atoms with Crippen LogP contribution in [0.15, 0.2) is 12.4 Å². The minimum Gasteiger partial charge on any atom is -0.369 e. The topological polar surface area (TPSA) is 61.4 Å². The van der Waals surface area contributed by atoms with Crippen molar-refractivity contribution in [1.82, 2.24) is 19.8 Å². The smallest absolute Gasteiger partial charge is 0.273 e. The largest absolute Gasteiger partial charge is 0.369 e. The number of amides is 1. The SMILES string of the molecule is CCNc1cnc(C(=O)N(C)CC2CCCN2C)cn1. The molecule has 1 atom stereocenters. The lowest BCUT2D eigenvalue weighted by Crippen LogP contribution is -2.39. The number of likely N-dealkylation sites (tertiary alicyclic amines) is 1. The fourth-order valence-electron chi connectivity index (χ4n) is 2.52. The summed E-state index contributed by atoms with van der Waals surface area (Å²) in [4.78, 5) is 24.7. The van der Waals surface area contributed by atoms with Crippen molar-refractivity contribution >= 4 is 11.7 Å². The number of hydrogen-bond acceptors (Lipinski definition) is 5. The van der Waals surface area contributed by atoms with Gasteiger partial charge in [-0.1, -0.05) is 0 Å². The quantitative estimate of drug-likeness (QED) is 0.872. The molecule has 1 N–H and O–H groups in total. The summed E-state index contributed by atoms with van der Waals surface area (Å²) in [6.07, 6.45) is 5.50. The fourth-order valence-corrected chi connectivity index (χ4v) is 2.52. The highest BCUT2D eigenvalue weighted by atomic mass is 16.2. The van der Waals surface area contributed by atoms with Crippen molar-refractivity contribution in [2.45, 2.75) is 25.8 Å². The van der Waals surface area contributed by atoms with E-state index in [9.17, 15) is 4.79 Å². The van der Waals surface area contributed by atoms with Gasteiger partial charge < -0.3 is 15.1 Å². The van der Waals surface area contributed by atoms with Crippen molar-refractivity contribution in [3.05, 3.63) is 18.1 Å². The lowest BCUT2D eigenvalue weighted by atomic mass is 10.2. The van der Waals surface area contributed by atoms with Gasteiger partial charge in [0, 0.05) is 26.2 Å². The van der Waals surface area contributed by atoms with Gasteiger partial charge in [0.05, 0.1) is 12.4 Å². The lowest BCUT2D eigenvalue weighted by Gasteiger charge is -2.25. The van der Waals surface area contributed by atoms with Gasteiger partial charge in [-0.3, -0.25) is 4.79 Å². The number of nitrogens with one attached hydrogen (secondary N) is 1. The Kier molecular flexibility index (Phi) is 4.89. The molecule has 1 aromatic heterocycles. The van der Waals surface area contributed by atoms with Crippen molar-refractivity contribution in [1.29, 1.82) is 0 Å². The Balaban J connectivity index is 1.95. The molecule has 2 heterocycles. The second-order valence-corrected chi connectivity index (χ2v) is 5.28. The highest BCUT2D eigenvalue weighted by molar-refractivity contribution is 5.91. The van der Waals surface area contributed by atoms with Gasteiger partial charge in [-0.2, -0.15) is 0 Å². The molecule has 0 bridgehead atoms. The molecule has 1 saturated heterocycles. The minimum atomic E-state index is -0.0687.